The minimum atomic E-state index is -4.96. The predicted octanol–water partition coefficient (Wildman–Crippen LogP) is 4.49. The van der Waals surface area contributed by atoms with Gasteiger partial charge in [-0.3, -0.25) is 4.79 Å². The van der Waals surface area contributed by atoms with E-state index in [-0.39, 0.29) is 24.9 Å². The van der Waals surface area contributed by atoms with Crippen LogP contribution in [0.5, 0.6) is 5.75 Å². The molecule has 44 heavy (non-hydrogen) atoms. The van der Waals surface area contributed by atoms with Gasteiger partial charge in [-0.1, -0.05) is 19.3 Å². The van der Waals surface area contributed by atoms with Crippen molar-refractivity contribution in [3.05, 3.63) is 53.6 Å². The van der Waals surface area contributed by atoms with Gasteiger partial charge in [0.15, 0.2) is 5.69 Å². The Morgan fingerprint density at radius 2 is 1.84 bits per heavy atom. The van der Waals surface area contributed by atoms with Gasteiger partial charge in [0, 0.05) is 63.8 Å². The Kier molecular flexibility index (Phi) is 7.84. The summed E-state index contributed by atoms with van der Waals surface area (Å²) in [6.45, 7) is 1.99. The second-order valence-corrected chi connectivity index (χ2v) is 11.7. The summed E-state index contributed by atoms with van der Waals surface area (Å²) in [5.41, 5.74) is -2.25. The number of carbonyl (C=O) groups is 2. The van der Waals surface area contributed by atoms with Crippen LogP contribution >= 0.6 is 0 Å². The van der Waals surface area contributed by atoms with E-state index in [2.05, 4.69) is 25.2 Å². The molecule has 234 valence electrons. The molecule has 2 N–H and O–H groups in total. The molecule has 0 bridgehead atoms. The van der Waals surface area contributed by atoms with Crippen molar-refractivity contribution in [1.82, 2.24) is 24.8 Å². The number of nitrogens with one attached hydrogen (secondary N) is 1. The van der Waals surface area contributed by atoms with Crippen molar-refractivity contribution in [1.29, 1.82) is 0 Å². The number of aromatic nitrogens is 4. The van der Waals surface area contributed by atoms with Gasteiger partial charge in [0.2, 0.25) is 11.9 Å². The number of anilines is 3. The third-order valence-electron chi connectivity index (χ3n) is 8.77. The van der Waals surface area contributed by atoms with Gasteiger partial charge >= 0.3 is 12.1 Å². The first-order valence-electron chi connectivity index (χ1n) is 14.8. The number of alkyl halides is 3. The molecule has 1 aliphatic carbocycles. The predicted molar refractivity (Wildman–Crippen MR) is 154 cm³/mol. The number of carboxylic acids is 1. The van der Waals surface area contributed by atoms with Crippen molar-refractivity contribution in [3.63, 3.8) is 0 Å². The summed E-state index contributed by atoms with van der Waals surface area (Å²) in [5, 5.41) is 12.1. The van der Waals surface area contributed by atoms with Crippen molar-refractivity contribution in [3.8, 4) is 5.75 Å². The lowest BCUT2D eigenvalue weighted by atomic mass is 9.81. The zero-order valence-corrected chi connectivity index (χ0v) is 24.3. The van der Waals surface area contributed by atoms with Crippen LogP contribution in [0.15, 0.2) is 36.8 Å². The number of rotatable bonds is 7. The summed E-state index contributed by atoms with van der Waals surface area (Å²) in [5.74, 6) is -0.973. The Morgan fingerprint density at radius 3 is 2.50 bits per heavy atom. The molecular weight excluding hydrogens is 579 g/mol. The topological polar surface area (TPSA) is 126 Å². The Labute approximate surface area is 252 Å². The highest BCUT2D eigenvalue weighted by molar-refractivity contribution is 5.98. The lowest BCUT2D eigenvalue weighted by Crippen LogP contribution is -2.55. The summed E-state index contributed by atoms with van der Waals surface area (Å²) in [7, 11) is 1.97. The van der Waals surface area contributed by atoms with E-state index in [0.717, 1.165) is 50.1 Å². The maximum Gasteiger partial charge on any atom is 0.434 e. The monoisotopic (exact) mass is 613 g/mol. The number of amides is 1. The van der Waals surface area contributed by atoms with E-state index in [9.17, 15) is 27.9 Å². The number of carbonyl (C=O) groups excluding carboxylic acids is 1. The Balaban J connectivity index is 1.17. The Bertz CT molecular complexity index is 1550. The summed E-state index contributed by atoms with van der Waals surface area (Å²) < 4.78 is 50.8. The van der Waals surface area contributed by atoms with E-state index in [1.165, 1.54) is 0 Å². The van der Waals surface area contributed by atoms with E-state index < -0.39 is 34.8 Å². The van der Waals surface area contributed by atoms with E-state index in [1.807, 2.05) is 23.9 Å². The first-order valence-corrected chi connectivity index (χ1v) is 14.8. The second-order valence-electron chi connectivity index (χ2n) is 11.7. The van der Waals surface area contributed by atoms with Gasteiger partial charge in [0.25, 0.3) is 5.91 Å². The number of ether oxygens (including phenoxy) is 1. The van der Waals surface area contributed by atoms with E-state index in [4.69, 9.17) is 4.74 Å². The molecule has 0 atom stereocenters. The molecule has 3 aromatic rings. The van der Waals surface area contributed by atoms with Crippen LogP contribution in [0.25, 0.3) is 0 Å². The number of benzene rings is 1. The molecule has 1 amide bonds. The SMILES string of the molecule is Cn1ccnc1N1CCC(Oc2ccc3c(c2)CCN3c2ncc(C(=O)NC3(C(=O)O)CCCCC3)c(C(F)(F)F)n2)CC1. The van der Waals surface area contributed by atoms with Gasteiger partial charge in [-0.25, -0.2) is 19.7 Å². The first kappa shape index (κ1) is 29.7. The van der Waals surface area contributed by atoms with Crippen LogP contribution < -0.4 is 19.9 Å². The van der Waals surface area contributed by atoms with E-state index >= 15 is 0 Å². The first-order chi connectivity index (χ1) is 21.0. The molecule has 0 spiro atoms. The highest BCUT2D eigenvalue weighted by Gasteiger charge is 2.44. The Hall–Kier alpha value is -4.36. The fourth-order valence-corrected chi connectivity index (χ4v) is 6.40. The molecule has 0 unspecified atom stereocenters. The largest absolute Gasteiger partial charge is 0.490 e. The van der Waals surface area contributed by atoms with Crippen molar-refractivity contribution in [2.75, 3.05) is 29.4 Å². The van der Waals surface area contributed by atoms with Gasteiger partial charge in [-0.05, 0) is 43.0 Å². The molecule has 2 fully saturated rings. The molecule has 4 heterocycles. The molecule has 1 aromatic carbocycles. The van der Waals surface area contributed by atoms with Crippen LogP contribution in [0.3, 0.4) is 0 Å². The minimum Gasteiger partial charge on any atom is -0.490 e. The van der Waals surface area contributed by atoms with Crippen LogP contribution in [-0.2, 0) is 24.4 Å². The number of halogens is 3. The van der Waals surface area contributed by atoms with Crippen molar-refractivity contribution < 1.29 is 32.6 Å². The lowest BCUT2D eigenvalue weighted by molar-refractivity contribution is -0.145. The molecule has 3 aliphatic rings. The number of aliphatic carboxylic acids is 1. The van der Waals surface area contributed by atoms with Gasteiger partial charge in [0.1, 0.15) is 17.4 Å². The highest BCUT2D eigenvalue weighted by Crippen LogP contribution is 2.38. The van der Waals surface area contributed by atoms with Crippen LogP contribution in [0, 0.1) is 0 Å². The maximum atomic E-state index is 14.2. The van der Waals surface area contributed by atoms with E-state index in [1.54, 1.807) is 23.2 Å². The van der Waals surface area contributed by atoms with Gasteiger partial charge < -0.3 is 29.5 Å². The number of aryl methyl sites for hydroxylation is 1. The molecule has 11 nitrogen and oxygen atoms in total. The van der Waals surface area contributed by atoms with Crippen molar-refractivity contribution in [2.45, 2.75) is 69.2 Å². The minimum absolute atomic E-state index is 0.0346. The van der Waals surface area contributed by atoms with Crippen LogP contribution in [-0.4, -0.2) is 67.8 Å². The van der Waals surface area contributed by atoms with Crippen LogP contribution in [0.2, 0.25) is 0 Å². The smallest absolute Gasteiger partial charge is 0.434 e. The van der Waals surface area contributed by atoms with Crippen LogP contribution in [0.4, 0.5) is 30.8 Å². The standard InChI is InChI=1S/C30H34F3N7O4/c1-38-16-12-34-28(38)39-13-8-20(9-14-39)44-21-5-6-23-19(17-21)7-15-40(23)27-35-18-22(24(36-27)30(31,32)33)25(41)37-29(26(42)43)10-3-2-4-11-29/h5-6,12,16-18,20H,2-4,7-11,13-15H2,1H3,(H,37,41)(H,42,43). The molecule has 0 radical (unpaired) electrons. The molecule has 2 aliphatic heterocycles. The normalized spacial score (nSPS) is 18.6. The van der Waals surface area contributed by atoms with Gasteiger partial charge in [0.05, 0.1) is 5.56 Å². The Morgan fingerprint density at radius 1 is 1.09 bits per heavy atom. The summed E-state index contributed by atoms with van der Waals surface area (Å²) in [6, 6.07) is 5.49. The van der Waals surface area contributed by atoms with Gasteiger partial charge in [-0.15, -0.1) is 0 Å². The summed E-state index contributed by atoms with van der Waals surface area (Å²) in [4.78, 5) is 41.2. The number of nitrogens with zero attached hydrogens (tertiary/aromatic N) is 6. The number of carboxylic acid groups (broad SMARTS) is 1. The number of imidazole rings is 1. The fourth-order valence-electron chi connectivity index (χ4n) is 6.40. The zero-order valence-electron chi connectivity index (χ0n) is 24.3. The maximum absolute atomic E-state index is 14.2. The van der Waals surface area contributed by atoms with Crippen molar-refractivity contribution >= 4 is 29.5 Å². The number of hydrogen-bond donors (Lipinski definition) is 2. The summed E-state index contributed by atoms with van der Waals surface area (Å²) >= 11 is 0. The van der Waals surface area contributed by atoms with Gasteiger partial charge in [-0.2, -0.15) is 13.2 Å². The van der Waals surface area contributed by atoms with E-state index in [0.29, 0.717) is 37.2 Å². The molecule has 6 rings (SSSR count). The number of piperidine rings is 1. The zero-order chi connectivity index (χ0) is 31.1. The molecular formula is C30H34F3N7O4. The quantitative estimate of drug-likeness (QED) is 0.397. The molecule has 1 saturated heterocycles. The average molecular weight is 614 g/mol. The van der Waals surface area contributed by atoms with Crippen LogP contribution in [0.1, 0.15) is 66.6 Å². The molecule has 1 saturated carbocycles. The van der Waals surface area contributed by atoms with Crippen molar-refractivity contribution in [2.24, 2.45) is 7.05 Å². The lowest BCUT2D eigenvalue weighted by Gasteiger charge is -2.34. The summed E-state index contributed by atoms with van der Waals surface area (Å²) in [6.07, 6.45) is 4.03. The average Bonchev–Trinajstić information content (AvgIpc) is 3.63. The molecule has 14 heteroatoms. The highest BCUT2D eigenvalue weighted by atomic mass is 19.4. The fraction of sp³-hybridized carbons (Fsp3) is 0.500. The third-order valence-corrected chi connectivity index (χ3v) is 8.77. The third kappa shape index (κ3) is 5.76. The number of hydrogen-bond acceptors (Lipinski definition) is 8. The molecule has 2 aromatic heterocycles. The number of fused-ring (bicyclic) bond motifs is 1. The second kappa shape index (κ2) is 11.6.